The van der Waals surface area contributed by atoms with E-state index >= 15 is 0 Å². The van der Waals surface area contributed by atoms with E-state index in [9.17, 15) is 4.79 Å². The highest BCUT2D eigenvalue weighted by Gasteiger charge is 2.25. The molecule has 0 bridgehead atoms. The summed E-state index contributed by atoms with van der Waals surface area (Å²) in [6.07, 6.45) is 2.77. The van der Waals surface area contributed by atoms with Crippen molar-refractivity contribution in [2.75, 3.05) is 13.1 Å². The van der Waals surface area contributed by atoms with Gasteiger partial charge in [0.05, 0.1) is 6.04 Å². The average molecular weight is 213 g/mol. The summed E-state index contributed by atoms with van der Waals surface area (Å²) in [4.78, 5) is 10.8. The zero-order chi connectivity index (χ0) is 11.3. The zero-order valence-electron chi connectivity index (χ0n) is 8.99. The molecule has 0 aromatic carbocycles. The van der Waals surface area contributed by atoms with E-state index in [1.54, 1.807) is 11.9 Å². The van der Waals surface area contributed by atoms with Crippen molar-refractivity contribution in [1.29, 1.82) is 5.41 Å². The number of hydrogen-bond acceptors (Lipinski definition) is 4. The SMILES string of the molecule is CC(C=O)N(NC(=N)N)C1CCNCC1. The van der Waals surface area contributed by atoms with Crippen molar-refractivity contribution in [2.45, 2.75) is 31.8 Å². The molecule has 0 radical (unpaired) electrons. The molecule has 0 spiro atoms. The number of hydrazine groups is 1. The fraction of sp³-hybridized carbons (Fsp3) is 0.778. The minimum absolute atomic E-state index is 0.123. The smallest absolute Gasteiger partial charge is 0.200 e. The Kier molecular flexibility index (Phi) is 4.51. The van der Waals surface area contributed by atoms with Crippen molar-refractivity contribution in [3.8, 4) is 0 Å². The van der Waals surface area contributed by atoms with Crippen molar-refractivity contribution in [3.63, 3.8) is 0 Å². The maximum Gasteiger partial charge on any atom is 0.200 e. The molecular formula is C9H19N5O. The first kappa shape index (κ1) is 11.9. The summed E-state index contributed by atoms with van der Waals surface area (Å²) in [6.45, 7) is 3.67. The summed E-state index contributed by atoms with van der Waals surface area (Å²) in [7, 11) is 0. The molecule has 0 aromatic heterocycles. The van der Waals surface area contributed by atoms with Gasteiger partial charge in [-0.2, -0.15) is 0 Å². The first-order chi connectivity index (χ1) is 7.15. The van der Waals surface area contributed by atoms with E-state index in [1.165, 1.54) is 0 Å². The second-order valence-electron chi connectivity index (χ2n) is 3.79. The van der Waals surface area contributed by atoms with Crippen LogP contribution in [0.3, 0.4) is 0 Å². The number of guanidine groups is 1. The largest absolute Gasteiger partial charge is 0.369 e. The van der Waals surface area contributed by atoms with Gasteiger partial charge in [0, 0.05) is 6.04 Å². The number of nitrogens with zero attached hydrogens (tertiary/aromatic N) is 1. The molecular weight excluding hydrogens is 194 g/mol. The molecule has 6 nitrogen and oxygen atoms in total. The Bertz CT molecular complexity index is 227. The van der Waals surface area contributed by atoms with Gasteiger partial charge in [0.15, 0.2) is 0 Å². The first-order valence-electron chi connectivity index (χ1n) is 5.20. The van der Waals surface area contributed by atoms with Crippen LogP contribution in [0.25, 0.3) is 0 Å². The normalized spacial score (nSPS) is 19.9. The summed E-state index contributed by atoms with van der Waals surface area (Å²) in [5, 5.41) is 12.2. The van der Waals surface area contributed by atoms with Crippen LogP contribution in [0.15, 0.2) is 0 Å². The topological polar surface area (TPSA) is 94.2 Å². The van der Waals surface area contributed by atoms with Crippen LogP contribution in [0, 0.1) is 5.41 Å². The highest BCUT2D eigenvalue weighted by atomic mass is 16.1. The third-order valence-electron chi connectivity index (χ3n) is 2.59. The maximum absolute atomic E-state index is 10.8. The van der Waals surface area contributed by atoms with Crippen LogP contribution in [0.2, 0.25) is 0 Å². The third kappa shape index (κ3) is 3.49. The van der Waals surface area contributed by atoms with Gasteiger partial charge in [-0.15, -0.1) is 0 Å². The third-order valence-corrected chi connectivity index (χ3v) is 2.59. The van der Waals surface area contributed by atoms with Crippen LogP contribution in [0.4, 0.5) is 0 Å². The Morgan fingerprint density at radius 2 is 2.27 bits per heavy atom. The van der Waals surface area contributed by atoms with Gasteiger partial charge >= 0.3 is 0 Å². The van der Waals surface area contributed by atoms with Crippen molar-refractivity contribution in [1.82, 2.24) is 15.8 Å². The number of nitrogens with one attached hydrogen (secondary N) is 3. The Labute approximate surface area is 89.7 Å². The predicted octanol–water partition coefficient (Wildman–Crippen LogP) is -0.974. The molecule has 86 valence electrons. The van der Waals surface area contributed by atoms with Gasteiger partial charge in [-0.05, 0) is 32.9 Å². The Balaban J connectivity index is 2.60. The molecule has 0 amide bonds. The quantitative estimate of drug-likeness (QED) is 0.208. The van der Waals surface area contributed by atoms with E-state index in [4.69, 9.17) is 11.1 Å². The number of aldehydes is 1. The lowest BCUT2D eigenvalue weighted by Crippen LogP contribution is -2.57. The van der Waals surface area contributed by atoms with Gasteiger partial charge in [0.2, 0.25) is 5.96 Å². The summed E-state index contributed by atoms with van der Waals surface area (Å²) < 4.78 is 0. The number of hydrogen-bond donors (Lipinski definition) is 4. The molecule has 6 heteroatoms. The number of carbonyl (C=O) groups excluding carboxylic acids is 1. The monoisotopic (exact) mass is 213 g/mol. The van der Waals surface area contributed by atoms with Crippen LogP contribution < -0.4 is 16.5 Å². The molecule has 0 aromatic rings. The van der Waals surface area contributed by atoms with Gasteiger partial charge in [-0.25, -0.2) is 5.01 Å². The van der Waals surface area contributed by atoms with Crippen molar-refractivity contribution in [3.05, 3.63) is 0 Å². The van der Waals surface area contributed by atoms with Crippen LogP contribution in [0.1, 0.15) is 19.8 Å². The number of carbonyl (C=O) groups is 1. The summed E-state index contributed by atoms with van der Waals surface area (Å²) >= 11 is 0. The van der Waals surface area contributed by atoms with E-state index in [0.29, 0.717) is 0 Å². The first-order valence-corrected chi connectivity index (χ1v) is 5.20. The van der Waals surface area contributed by atoms with Gasteiger partial charge < -0.3 is 15.8 Å². The highest BCUT2D eigenvalue weighted by Crippen LogP contribution is 2.11. The second kappa shape index (κ2) is 5.67. The van der Waals surface area contributed by atoms with E-state index in [2.05, 4.69) is 10.7 Å². The molecule has 15 heavy (non-hydrogen) atoms. The van der Waals surface area contributed by atoms with Crippen LogP contribution >= 0.6 is 0 Å². The molecule has 1 aliphatic heterocycles. The fourth-order valence-electron chi connectivity index (χ4n) is 1.82. The van der Waals surface area contributed by atoms with Crippen molar-refractivity contribution < 1.29 is 4.79 Å². The molecule has 1 rings (SSSR count). The molecule has 1 aliphatic rings. The molecule has 0 aliphatic carbocycles. The molecule has 1 unspecified atom stereocenters. The van der Waals surface area contributed by atoms with E-state index < -0.39 is 0 Å². The molecule has 0 saturated carbocycles. The standard InChI is InChI=1S/C9H19N5O/c1-7(6-15)14(13-9(10)11)8-2-4-12-5-3-8/h6-8,12H,2-5H2,1H3,(H4,10,11,13). The average Bonchev–Trinajstić information content (AvgIpc) is 2.26. The second-order valence-corrected chi connectivity index (χ2v) is 3.79. The van der Waals surface area contributed by atoms with Crippen molar-refractivity contribution >= 4 is 12.2 Å². The lowest BCUT2D eigenvalue weighted by molar-refractivity contribution is -0.113. The number of piperidine rings is 1. The Morgan fingerprint density at radius 3 is 2.73 bits per heavy atom. The lowest BCUT2D eigenvalue weighted by atomic mass is 10.1. The predicted molar refractivity (Wildman–Crippen MR) is 58.3 cm³/mol. The Morgan fingerprint density at radius 1 is 1.67 bits per heavy atom. The van der Waals surface area contributed by atoms with Gasteiger partial charge in [-0.1, -0.05) is 0 Å². The lowest BCUT2D eigenvalue weighted by Gasteiger charge is -2.36. The van der Waals surface area contributed by atoms with Crippen LogP contribution in [-0.2, 0) is 4.79 Å². The van der Waals surface area contributed by atoms with Crippen LogP contribution in [-0.4, -0.2) is 42.4 Å². The maximum atomic E-state index is 10.8. The number of rotatable bonds is 4. The van der Waals surface area contributed by atoms with E-state index in [1.807, 2.05) is 0 Å². The molecule has 1 saturated heterocycles. The van der Waals surface area contributed by atoms with Crippen LogP contribution in [0.5, 0.6) is 0 Å². The Hall–Kier alpha value is -1.14. The molecule has 1 fully saturated rings. The van der Waals surface area contributed by atoms with Gasteiger partial charge in [0.1, 0.15) is 6.29 Å². The summed E-state index contributed by atoms with van der Waals surface area (Å²) in [5.74, 6) is -0.123. The zero-order valence-corrected chi connectivity index (χ0v) is 8.99. The van der Waals surface area contributed by atoms with E-state index in [0.717, 1.165) is 32.2 Å². The number of nitrogens with two attached hydrogens (primary N) is 1. The van der Waals surface area contributed by atoms with Crippen molar-refractivity contribution in [2.24, 2.45) is 5.73 Å². The summed E-state index contributed by atoms with van der Waals surface area (Å²) in [6, 6.07) is -0.00708. The molecule has 1 heterocycles. The minimum Gasteiger partial charge on any atom is -0.369 e. The van der Waals surface area contributed by atoms with Gasteiger partial charge in [-0.3, -0.25) is 10.8 Å². The molecule has 1 atom stereocenters. The highest BCUT2D eigenvalue weighted by molar-refractivity contribution is 5.74. The fourth-order valence-corrected chi connectivity index (χ4v) is 1.82. The van der Waals surface area contributed by atoms with E-state index in [-0.39, 0.29) is 18.0 Å². The summed E-state index contributed by atoms with van der Waals surface area (Å²) in [5.41, 5.74) is 8.03. The minimum atomic E-state index is -0.267. The van der Waals surface area contributed by atoms with Gasteiger partial charge in [0.25, 0.3) is 0 Å². The molecule has 5 N–H and O–H groups in total.